The molecule has 0 aliphatic carbocycles. The first-order valence-corrected chi connectivity index (χ1v) is 5.23. The van der Waals surface area contributed by atoms with Gasteiger partial charge in [-0.15, -0.1) is 0 Å². The molecule has 0 aliphatic rings. The topological polar surface area (TPSA) is 38.7 Å². The second-order valence-corrected chi connectivity index (χ2v) is 3.90. The molecule has 3 rings (SSSR count). The number of hydrogen-bond acceptors (Lipinski definition) is 3. The van der Waals surface area contributed by atoms with Gasteiger partial charge in [-0.05, 0) is 37.1 Å². The lowest BCUT2D eigenvalue weighted by Crippen LogP contribution is -1.93. The maximum atomic E-state index is 4.42. The van der Waals surface area contributed by atoms with E-state index in [4.69, 9.17) is 0 Å². The minimum Gasteiger partial charge on any atom is -0.256 e. The maximum Gasteiger partial charge on any atom is 0.0983 e. The highest BCUT2D eigenvalue weighted by Crippen LogP contribution is 2.27. The van der Waals surface area contributed by atoms with Gasteiger partial charge in [-0.2, -0.15) is 0 Å². The van der Waals surface area contributed by atoms with Crippen LogP contribution in [0.1, 0.15) is 11.1 Å². The molecule has 0 saturated heterocycles. The van der Waals surface area contributed by atoms with Crippen molar-refractivity contribution in [3.05, 3.63) is 41.9 Å². The van der Waals surface area contributed by atoms with Crippen molar-refractivity contribution in [1.82, 2.24) is 15.0 Å². The summed E-state index contributed by atoms with van der Waals surface area (Å²) in [5.74, 6) is 0. The first-order valence-electron chi connectivity index (χ1n) is 5.23. The molecule has 2 heterocycles. The summed E-state index contributed by atoms with van der Waals surface area (Å²) in [5.41, 5.74) is 5.28. The maximum absolute atomic E-state index is 4.42. The van der Waals surface area contributed by atoms with Crippen LogP contribution in [0, 0.1) is 13.8 Å². The summed E-state index contributed by atoms with van der Waals surface area (Å²) >= 11 is 0. The molecule has 3 aromatic rings. The molecule has 0 radical (unpaired) electrons. The van der Waals surface area contributed by atoms with E-state index in [0.29, 0.717) is 0 Å². The average Bonchev–Trinajstić information content (AvgIpc) is 2.36. The molecule has 2 aromatic heterocycles. The zero-order valence-corrected chi connectivity index (χ0v) is 9.23. The van der Waals surface area contributed by atoms with Gasteiger partial charge < -0.3 is 0 Å². The van der Waals surface area contributed by atoms with Crippen molar-refractivity contribution in [1.29, 1.82) is 0 Å². The predicted octanol–water partition coefficient (Wildman–Crippen LogP) is 2.79. The number of rotatable bonds is 0. The van der Waals surface area contributed by atoms with Crippen molar-refractivity contribution in [2.75, 3.05) is 0 Å². The molecule has 0 atom stereocenters. The third-order valence-corrected chi connectivity index (χ3v) is 3.03. The number of aromatic nitrogens is 3. The lowest BCUT2D eigenvalue weighted by Gasteiger charge is -2.08. The van der Waals surface area contributed by atoms with Crippen LogP contribution < -0.4 is 0 Å². The molecule has 0 bridgehead atoms. The van der Waals surface area contributed by atoms with E-state index in [2.05, 4.69) is 28.8 Å². The van der Waals surface area contributed by atoms with Crippen molar-refractivity contribution in [2.45, 2.75) is 13.8 Å². The normalized spacial score (nSPS) is 11.1. The third-order valence-electron chi connectivity index (χ3n) is 3.03. The standard InChI is InChI=1S/C13H11N3/c1-8-9(2)12-13(16-7-6-15-12)10-4-3-5-14-11(8)10/h3-7H,1-2H3. The van der Waals surface area contributed by atoms with E-state index in [-0.39, 0.29) is 0 Å². The minimum absolute atomic E-state index is 0.939. The van der Waals surface area contributed by atoms with Crippen LogP contribution in [0.2, 0.25) is 0 Å². The molecule has 0 aliphatic heterocycles. The van der Waals surface area contributed by atoms with Crippen LogP contribution in [0.15, 0.2) is 30.7 Å². The summed E-state index contributed by atoms with van der Waals surface area (Å²) in [6.07, 6.45) is 5.28. The monoisotopic (exact) mass is 209 g/mol. The highest BCUT2D eigenvalue weighted by Gasteiger charge is 2.10. The summed E-state index contributed by atoms with van der Waals surface area (Å²) < 4.78 is 0. The molecule has 0 amide bonds. The van der Waals surface area contributed by atoms with Crippen LogP contribution in [0.3, 0.4) is 0 Å². The summed E-state index contributed by atoms with van der Waals surface area (Å²) in [4.78, 5) is 13.2. The summed E-state index contributed by atoms with van der Waals surface area (Å²) in [7, 11) is 0. The first-order chi connectivity index (χ1) is 7.79. The van der Waals surface area contributed by atoms with Gasteiger partial charge in [-0.1, -0.05) is 0 Å². The predicted molar refractivity (Wildman–Crippen MR) is 64.3 cm³/mol. The van der Waals surface area contributed by atoms with E-state index < -0.39 is 0 Å². The molecule has 3 heteroatoms. The number of fused-ring (bicyclic) bond motifs is 3. The number of aryl methyl sites for hydroxylation is 2. The van der Waals surface area contributed by atoms with Gasteiger partial charge in [0, 0.05) is 24.0 Å². The van der Waals surface area contributed by atoms with Crippen LogP contribution in [0.25, 0.3) is 21.9 Å². The van der Waals surface area contributed by atoms with Gasteiger partial charge >= 0.3 is 0 Å². The van der Waals surface area contributed by atoms with Gasteiger partial charge in [0.2, 0.25) is 0 Å². The summed E-state index contributed by atoms with van der Waals surface area (Å²) in [6, 6.07) is 3.98. The quantitative estimate of drug-likeness (QED) is 0.534. The Kier molecular flexibility index (Phi) is 1.86. The fraction of sp³-hybridized carbons (Fsp3) is 0.154. The Morgan fingerprint density at radius 1 is 0.750 bits per heavy atom. The number of benzene rings is 1. The zero-order valence-electron chi connectivity index (χ0n) is 9.23. The Balaban J connectivity index is 2.69. The number of hydrogen-bond donors (Lipinski definition) is 0. The first kappa shape index (κ1) is 9.21. The van der Waals surface area contributed by atoms with Crippen molar-refractivity contribution in [3.8, 4) is 0 Å². The van der Waals surface area contributed by atoms with Gasteiger partial charge in [0.25, 0.3) is 0 Å². The Morgan fingerprint density at radius 2 is 1.38 bits per heavy atom. The van der Waals surface area contributed by atoms with Crippen molar-refractivity contribution in [3.63, 3.8) is 0 Å². The Morgan fingerprint density at radius 3 is 2.19 bits per heavy atom. The molecule has 0 spiro atoms. The van der Waals surface area contributed by atoms with Crippen LogP contribution in [-0.2, 0) is 0 Å². The average molecular weight is 209 g/mol. The fourth-order valence-corrected chi connectivity index (χ4v) is 2.06. The summed E-state index contributed by atoms with van der Waals surface area (Å²) in [5, 5.41) is 1.08. The highest BCUT2D eigenvalue weighted by molar-refractivity contribution is 6.05. The van der Waals surface area contributed by atoms with Crippen molar-refractivity contribution >= 4 is 21.9 Å². The molecule has 0 fully saturated rings. The van der Waals surface area contributed by atoms with Gasteiger partial charge in [-0.3, -0.25) is 15.0 Å². The van der Waals surface area contributed by atoms with Gasteiger partial charge in [0.1, 0.15) is 0 Å². The molecule has 1 aromatic carbocycles. The third kappa shape index (κ3) is 1.11. The minimum atomic E-state index is 0.939. The van der Waals surface area contributed by atoms with E-state index in [1.165, 1.54) is 5.56 Å². The lowest BCUT2D eigenvalue weighted by molar-refractivity contribution is 1.25. The Labute approximate surface area is 93.2 Å². The van der Waals surface area contributed by atoms with E-state index in [1.807, 2.05) is 18.3 Å². The largest absolute Gasteiger partial charge is 0.256 e. The zero-order chi connectivity index (χ0) is 11.1. The van der Waals surface area contributed by atoms with Gasteiger partial charge in [0.15, 0.2) is 0 Å². The molecule has 78 valence electrons. The van der Waals surface area contributed by atoms with E-state index in [9.17, 15) is 0 Å². The van der Waals surface area contributed by atoms with Gasteiger partial charge in [-0.25, -0.2) is 0 Å². The highest BCUT2D eigenvalue weighted by atomic mass is 14.8. The second-order valence-electron chi connectivity index (χ2n) is 3.90. The van der Waals surface area contributed by atoms with Crippen molar-refractivity contribution < 1.29 is 0 Å². The number of pyridine rings is 1. The molecule has 0 saturated carbocycles. The Bertz CT molecular complexity index is 628. The Hall–Kier alpha value is -2.03. The van der Waals surface area contributed by atoms with Crippen LogP contribution >= 0.6 is 0 Å². The molecule has 0 unspecified atom stereocenters. The molecular formula is C13H11N3. The van der Waals surface area contributed by atoms with Crippen LogP contribution in [0.4, 0.5) is 0 Å². The van der Waals surface area contributed by atoms with Crippen LogP contribution in [-0.4, -0.2) is 15.0 Å². The van der Waals surface area contributed by atoms with Crippen LogP contribution in [0.5, 0.6) is 0 Å². The fourth-order valence-electron chi connectivity index (χ4n) is 2.06. The van der Waals surface area contributed by atoms with Crippen molar-refractivity contribution in [2.24, 2.45) is 0 Å². The molecule has 3 nitrogen and oxygen atoms in total. The van der Waals surface area contributed by atoms with E-state index >= 15 is 0 Å². The molecule has 0 N–H and O–H groups in total. The SMILES string of the molecule is Cc1c(C)c2nccnc2c2cccnc12. The smallest absolute Gasteiger partial charge is 0.0983 e. The lowest BCUT2D eigenvalue weighted by atomic mass is 10.0. The van der Waals surface area contributed by atoms with Gasteiger partial charge in [0.05, 0.1) is 16.6 Å². The van der Waals surface area contributed by atoms with E-state index in [1.54, 1.807) is 12.4 Å². The molecule has 16 heavy (non-hydrogen) atoms. The molecular weight excluding hydrogens is 198 g/mol. The summed E-state index contributed by atoms with van der Waals surface area (Å²) in [6.45, 7) is 4.15. The second kappa shape index (κ2) is 3.23. The van der Waals surface area contributed by atoms with E-state index in [0.717, 1.165) is 27.5 Å². The number of nitrogens with zero attached hydrogens (tertiary/aromatic N) is 3.